The maximum Gasteiger partial charge on any atom is 0.140 e. The van der Waals surface area contributed by atoms with E-state index in [0.29, 0.717) is 5.52 Å². The molecule has 0 unspecified atom stereocenters. The average molecular weight is 364 g/mol. The lowest BCUT2D eigenvalue weighted by Crippen LogP contribution is -2.47. The molecule has 0 saturated carbocycles. The molecule has 7 heteroatoms. The standard InChI is InChI=1S/C20H21FN6/c1-13-24-17-4-2-3-15(17)20(25-13)27-9-7-26(8-10-27)19-16-6-5-14(21)11-18(16)22-12-23-19/h5-6,11-12H,2-4,7-10H2,1H3. The second-order valence-electron chi connectivity index (χ2n) is 7.21. The van der Waals surface area contributed by atoms with Crippen molar-refractivity contribution in [2.75, 3.05) is 36.0 Å². The molecular formula is C20H21FN6. The molecular weight excluding hydrogens is 343 g/mol. The number of halogens is 1. The Labute approximate surface area is 157 Å². The first-order valence-electron chi connectivity index (χ1n) is 9.45. The number of anilines is 2. The van der Waals surface area contributed by atoms with E-state index in [1.807, 2.05) is 6.92 Å². The number of aryl methyl sites for hydroxylation is 2. The number of aromatic nitrogens is 4. The lowest BCUT2D eigenvalue weighted by atomic mass is 10.2. The Bertz CT molecular complexity index is 1010. The maximum atomic E-state index is 13.5. The highest BCUT2D eigenvalue weighted by molar-refractivity contribution is 5.89. The predicted octanol–water partition coefficient (Wildman–Crippen LogP) is 2.68. The molecule has 5 rings (SSSR count). The zero-order chi connectivity index (χ0) is 18.4. The van der Waals surface area contributed by atoms with Crippen molar-refractivity contribution in [1.29, 1.82) is 0 Å². The van der Waals surface area contributed by atoms with Gasteiger partial charge in [0, 0.05) is 48.9 Å². The highest BCUT2D eigenvalue weighted by Crippen LogP contribution is 2.30. The van der Waals surface area contributed by atoms with Crippen LogP contribution in [0.1, 0.15) is 23.5 Å². The molecule has 1 fully saturated rings. The molecule has 2 aliphatic rings. The Kier molecular flexibility index (Phi) is 3.88. The van der Waals surface area contributed by atoms with E-state index in [9.17, 15) is 4.39 Å². The van der Waals surface area contributed by atoms with Crippen molar-refractivity contribution >= 4 is 22.5 Å². The molecule has 1 aliphatic carbocycles. The Morgan fingerprint density at radius 2 is 1.70 bits per heavy atom. The van der Waals surface area contributed by atoms with E-state index in [1.54, 1.807) is 6.07 Å². The van der Waals surface area contributed by atoms with Crippen molar-refractivity contribution in [3.05, 3.63) is 47.4 Å². The summed E-state index contributed by atoms with van der Waals surface area (Å²) in [6.45, 7) is 5.44. The first kappa shape index (κ1) is 16.4. The molecule has 3 heterocycles. The fourth-order valence-electron chi connectivity index (χ4n) is 4.19. The van der Waals surface area contributed by atoms with Crippen molar-refractivity contribution in [1.82, 2.24) is 19.9 Å². The van der Waals surface area contributed by atoms with E-state index in [2.05, 4.69) is 24.8 Å². The van der Waals surface area contributed by atoms with E-state index < -0.39 is 0 Å². The van der Waals surface area contributed by atoms with Gasteiger partial charge in [0.15, 0.2) is 0 Å². The molecule has 27 heavy (non-hydrogen) atoms. The molecule has 138 valence electrons. The number of piperazine rings is 1. The van der Waals surface area contributed by atoms with E-state index in [1.165, 1.54) is 36.1 Å². The number of rotatable bonds is 2. The minimum atomic E-state index is -0.273. The van der Waals surface area contributed by atoms with Gasteiger partial charge in [-0.3, -0.25) is 0 Å². The average Bonchev–Trinajstić information content (AvgIpc) is 3.15. The lowest BCUT2D eigenvalue weighted by Gasteiger charge is -2.37. The first-order chi connectivity index (χ1) is 13.2. The van der Waals surface area contributed by atoms with Gasteiger partial charge in [0.05, 0.1) is 5.52 Å². The van der Waals surface area contributed by atoms with Gasteiger partial charge in [0.2, 0.25) is 0 Å². The van der Waals surface area contributed by atoms with Crippen molar-refractivity contribution in [3.63, 3.8) is 0 Å². The molecule has 2 aromatic heterocycles. The topological polar surface area (TPSA) is 58.0 Å². The first-order valence-corrected chi connectivity index (χ1v) is 9.45. The van der Waals surface area contributed by atoms with Gasteiger partial charge in [-0.2, -0.15) is 0 Å². The summed E-state index contributed by atoms with van der Waals surface area (Å²) in [7, 11) is 0. The van der Waals surface area contributed by atoms with Crippen LogP contribution in [-0.4, -0.2) is 46.1 Å². The number of hydrogen-bond acceptors (Lipinski definition) is 6. The van der Waals surface area contributed by atoms with Crippen LogP contribution in [-0.2, 0) is 12.8 Å². The summed E-state index contributed by atoms with van der Waals surface area (Å²) in [6.07, 6.45) is 4.83. The zero-order valence-corrected chi connectivity index (χ0v) is 15.3. The molecule has 3 aromatic rings. The quantitative estimate of drug-likeness (QED) is 0.697. The number of nitrogens with zero attached hydrogens (tertiary/aromatic N) is 6. The molecule has 1 aliphatic heterocycles. The van der Waals surface area contributed by atoms with Gasteiger partial charge in [0.1, 0.15) is 29.6 Å². The van der Waals surface area contributed by atoms with Crippen molar-refractivity contribution in [2.24, 2.45) is 0 Å². The van der Waals surface area contributed by atoms with Crippen molar-refractivity contribution in [2.45, 2.75) is 26.2 Å². The highest BCUT2D eigenvalue weighted by Gasteiger charge is 2.26. The van der Waals surface area contributed by atoms with Crippen LogP contribution in [0, 0.1) is 12.7 Å². The van der Waals surface area contributed by atoms with Crippen LogP contribution in [0.2, 0.25) is 0 Å². The summed E-state index contributed by atoms with van der Waals surface area (Å²) in [5.74, 6) is 2.58. The van der Waals surface area contributed by atoms with Gasteiger partial charge < -0.3 is 9.80 Å². The predicted molar refractivity (Wildman–Crippen MR) is 103 cm³/mol. The Morgan fingerprint density at radius 1 is 0.926 bits per heavy atom. The molecule has 0 atom stereocenters. The summed E-state index contributed by atoms with van der Waals surface area (Å²) in [4.78, 5) is 22.7. The van der Waals surface area contributed by atoms with E-state index in [0.717, 1.165) is 61.9 Å². The monoisotopic (exact) mass is 364 g/mol. The van der Waals surface area contributed by atoms with Crippen LogP contribution < -0.4 is 9.80 Å². The van der Waals surface area contributed by atoms with Gasteiger partial charge in [-0.1, -0.05) is 0 Å². The lowest BCUT2D eigenvalue weighted by molar-refractivity contribution is 0.628. The van der Waals surface area contributed by atoms with E-state index in [-0.39, 0.29) is 5.82 Å². The fourth-order valence-corrected chi connectivity index (χ4v) is 4.19. The highest BCUT2D eigenvalue weighted by atomic mass is 19.1. The SMILES string of the molecule is Cc1nc2c(c(N3CCN(c4ncnc5cc(F)ccc45)CC3)n1)CCC2. The smallest absolute Gasteiger partial charge is 0.140 e. The maximum absolute atomic E-state index is 13.5. The van der Waals surface area contributed by atoms with Crippen LogP contribution in [0.3, 0.4) is 0 Å². The molecule has 0 radical (unpaired) electrons. The van der Waals surface area contributed by atoms with Crippen LogP contribution in [0.25, 0.3) is 10.9 Å². The third kappa shape index (κ3) is 2.87. The molecule has 0 spiro atoms. The van der Waals surface area contributed by atoms with Gasteiger partial charge in [-0.05, 0) is 38.3 Å². The van der Waals surface area contributed by atoms with E-state index in [4.69, 9.17) is 4.98 Å². The van der Waals surface area contributed by atoms with Gasteiger partial charge >= 0.3 is 0 Å². The zero-order valence-electron chi connectivity index (χ0n) is 15.3. The van der Waals surface area contributed by atoms with Crippen LogP contribution in [0.5, 0.6) is 0 Å². The summed E-state index contributed by atoms with van der Waals surface area (Å²) in [5, 5.41) is 0.895. The summed E-state index contributed by atoms with van der Waals surface area (Å²) >= 11 is 0. The van der Waals surface area contributed by atoms with Crippen molar-refractivity contribution < 1.29 is 4.39 Å². The van der Waals surface area contributed by atoms with Crippen LogP contribution in [0.15, 0.2) is 24.5 Å². The van der Waals surface area contributed by atoms with Crippen molar-refractivity contribution in [3.8, 4) is 0 Å². The number of hydrogen-bond donors (Lipinski definition) is 0. The third-order valence-electron chi connectivity index (χ3n) is 5.48. The molecule has 0 bridgehead atoms. The summed E-state index contributed by atoms with van der Waals surface area (Å²) < 4.78 is 13.5. The molecule has 1 aromatic carbocycles. The normalized spacial score (nSPS) is 16.8. The van der Waals surface area contributed by atoms with Crippen LogP contribution in [0.4, 0.5) is 16.0 Å². The number of fused-ring (bicyclic) bond motifs is 2. The summed E-state index contributed by atoms with van der Waals surface area (Å²) in [5.41, 5.74) is 3.20. The Morgan fingerprint density at radius 3 is 2.52 bits per heavy atom. The summed E-state index contributed by atoms with van der Waals surface area (Å²) in [6, 6.07) is 4.70. The van der Waals surface area contributed by atoms with Crippen LogP contribution >= 0.6 is 0 Å². The Hall–Kier alpha value is -2.83. The van der Waals surface area contributed by atoms with Gasteiger partial charge in [-0.25, -0.2) is 24.3 Å². The fraction of sp³-hybridized carbons (Fsp3) is 0.400. The number of benzene rings is 1. The Balaban J connectivity index is 1.40. The molecule has 6 nitrogen and oxygen atoms in total. The largest absolute Gasteiger partial charge is 0.353 e. The molecule has 1 saturated heterocycles. The van der Waals surface area contributed by atoms with Gasteiger partial charge in [0.25, 0.3) is 0 Å². The second-order valence-corrected chi connectivity index (χ2v) is 7.21. The minimum Gasteiger partial charge on any atom is -0.353 e. The molecule has 0 N–H and O–H groups in total. The minimum absolute atomic E-state index is 0.273. The third-order valence-corrected chi connectivity index (χ3v) is 5.48. The molecule has 0 amide bonds. The second kappa shape index (κ2) is 6.40. The van der Waals surface area contributed by atoms with E-state index >= 15 is 0 Å². The van der Waals surface area contributed by atoms with Gasteiger partial charge in [-0.15, -0.1) is 0 Å².